The number of fused-ring (bicyclic) bond motifs is 1. The first-order chi connectivity index (χ1) is 15.6. The summed E-state index contributed by atoms with van der Waals surface area (Å²) in [5.74, 6) is -3.60. The Hall–Kier alpha value is -3.03. The van der Waals surface area contributed by atoms with Crippen LogP contribution >= 0.6 is 11.3 Å². The highest BCUT2D eigenvalue weighted by Gasteiger charge is 2.38. The number of rotatable bonds is 5. The van der Waals surface area contributed by atoms with Crippen molar-refractivity contribution in [2.24, 2.45) is 0 Å². The highest BCUT2D eigenvalue weighted by Crippen LogP contribution is 2.25. The molecule has 3 atom stereocenters. The van der Waals surface area contributed by atoms with E-state index >= 15 is 0 Å². The maximum absolute atomic E-state index is 13.0. The van der Waals surface area contributed by atoms with Crippen molar-refractivity contribution in [3.8, 4) is 0 Å². The Labute approximate surface area is 192 Å². The van der Waals surface area contributed by atoms with Gasteiger partial charge in [-0.1, -0.05) is 18.2 Å². The largest absolute Gasteiger partial charge is 0.434 e. The lowest BCUT2D eigenvalue weighted by molar-refractivity contribution is -0.155. The minimum absolute atomic E-state index is 0.219. The molecule has 2 aliphatic heterocycles. The number of hydrogen-bond donors (Lipinski definition) is 3. The number of nitrogens with one attached hydrogen (secondary N) is 2. The van der Waals surface area contributed by atoms with E-state index in [1.54, 1.807) is 6.07 Å². The number of amides is 3. The first-order valence-corrected chi connectivity index (χ1v) is 12.7. The van der Waals surface area contributed by atoms with E-state index in [-0.39, 0.29) is 18.7 Å². The van der Waals surface area contributed by atoms with Gasteiger partial charge in [-0.3, -0.25) is 19.2 Å². The number of hydrogen-bond acceptors (Lipinski definition) is 9. The fraction of sp³-hybridized carbons (Fsp3) is 0.400. The molecular weight excluding hydrogens is 474 g/mol. The molecule has 13 heteroatoms. The van der Waals surface area contributed by atoms with Gasteiger partial charge in [0.25, 0.3) is 5.91 Å². The van der Waals surface area contributed by atoms with Crippen molar-refractivity contribution < 1.29 is 37.4 Å². The van der Waals surface area contributed by atoms with Crippen LogP contribution in [0.2, 0.25) is 0 Å². The van der Waals surface area contributed by atoms with Crippen LogP contribution in [0.5, 0.6) is 0 Å². The molecule has 4 rings (SSSR count). The van der Waals surface area contributed by atoms with Gasteiger partial charge in [0.1, 0.15) is 12.1 Å². The molecule has 176 valence electrons. The van der Waals surface area contributed by atoms with Gasteiger partial charge in [-0.05, 0) is 17.5 Å². The smallest absolute Gasteiger partial charge is 0.310 e. The Bertz CT molecular complexity index is 1190. The number of thiophene rings is 1. The maximum Gasteiger partial charge on any atom is 0.310 e. The van der Waals surface area contributed by atoms with E-state index < -0.39 is 64.2 Å². The third-order valence-electron chi connectivity index (χ3n) is 5.32. The number of sulfone groups is 1. The average Bonchev–Trinajstić information content (AvgIpc) is 3.29. The van der Waals surface area contributed by atoms with E-state index in [9.17, 15) is 32.7 Å². The molecule has 2 saturated heterocycles. The summed E-state index contributed by atoms with van der Waals surface area (Å²) in [5, 5.41) is 15.4. The second-order valence-corrected chi connectivity index (χ2v) is 11.1. The molecule has 0 radical (unpaired) electrons. The summed E-state index contributed by atoms with van der Waals surface area (Å²) in [4.78, 5) is 50.7. The van der Waals surface area contributed by atoms with Crippen LogP contribution < -0.4 is 10.6 Å². The van der Waals surface area contributed by atoms with Crippen LogP contribution in [-0.4, -0.2) is 85.1 Å². The molecule has 3 heterocycles. The van der Waals surface area contributed by atoms with Crippen LogP contribution in [0.1, 0.15) is 16.1 Å². The maximum atomic E-state index is 13.0. The second-order valence-electron chi connectivity index (χ2n) is 7.81. The number of carbonyl (C=O) groups is 4. The Kier molecular flexibility index (Phi) is 6.36. The van der Waals surface area contributed by atoms with E-state index in [2.05, 4.69) is 15.4 Å². The van der Waals surface area contributed by atoms with Crippen molar-refractivity contribution in [2.75, 3.05) is 24.6 Å². The highest BCUT2D eigenvalue weighted by molar-refractivity contribution is 7.91. The number of benzene rings is 1. The predicted molar refractivity (Wildman–Crippen MR) is 117 cm³/mol. The van der Waals surface area contributed by atoms with Gasteiger partial charge in [-0.15, -0.1) is 11.3 Å². The van der Waals surface area contributed by atoms with E-state index in [0.29, 0.717) is 4.88 Å². The quantitative estimate of drug-likeness (QED) is 0.446. The number of carbonyl (C=O) groups excluding carboxylic acids is 4. The second kappa shape index (κ2) is 9.08. The summed E-state index contributed by atoms with van der Waals surface area (Å²) in [6, 6.07) is 6.68. The first-order valence-electron chi connectivity index (χ1n) is 10.1. The number of esters is 1. The van der Waals surface area contributed by atoms with Crippen LogP contribution in [0.15, 0.2) is 30.3 Å². The van der Waals surface area contributed by atoms with Gasteiger partial charge in [0.05, 0.1) is 29.3 Å². The SMILES string of the molecule is O=C(CN1CCS(=O)(=O)C[C@H](NC(=O)c2cc3ccccc3s2)C1=O)N[C@H]1CC(=O)OC1O. The predicted octanol–water partition coefficient (Wildman–Crippen LogP) is -0.993. The summed E-state index contributed by atoms with van der Waals surface area (Å²) in [7, 11) is -3.67. The van der Waals surface area contributed by atoms with Crippen molar-refractivity contribution in [1.82, 2.24) is 15.5 Å². The molecule has 33 heavy (non-hydrogen) atoms. The topological polar surface area (TPSA) is 159 Å². The Balaban J connectivity index is 1.46. The fourth-order valence-electron chi connectivity index (χ4n) is 3.67. The molecule has 0 saturated carbocycles. The van der Waals surface area contributed by atoms with Crippen molar-refractivity contribution in [1.29, 1.82) is 0 Å². The fourth-order valence-corrected chi connectivity index (χ4v) is 6.03. The number of ether oxygens (including phenoxy) is 1. The molecule has 2 aliphatic rings. The lowest BCUT2D eigenvalue weighted by Gasteiger charge is -2.24. The normalized spacial score (nSPS) is 24.9. The summed E-state index contributed by atoms with van der Waals surface area (Å²) in [6.45, 7) is -0.729. The summed E-state index contributed by atoms with van der Waals surface area (Å²) in [5.41, 5.74) is 0. The minimum Gasteiger partial charge on any atom is -0.434 e. The molecule has 0 spiro atoms. The summed E-state index contributed by atoms with van der Waals surface area (Å²) >= 11 is 1.22. The lowest BCUT2D eigenvalue weighted by atomic mass is 10.2. The standard InChI is InChI=1S/C20H21N3O8S2/c24-16(21-12-8-17(25)31-20(12)28)9-23-5-6-33(29,30)10-13(19(23)27)22-18(26)15-7-11-3-1-2-4-14(11)32-15/h1-4,7,12-13,20,28H,5-6,8-10H2,(H,21,24)(H,22,26)/t12-,13-,20?/m0/s1. The first kappa shape index (κ1) is 23.1. The minimum atomic E-state index is -3.67. The van der Waals surface area contributed by atoms with Gasteiger partial charge in [0.15, 0.2) is 9.84 Å². The molecule has 11 nitrogen and oxygen atoms in total. The number of aliphatic hydroxyl groups is 1. The third-order valence-corrected chi connectivity index (χ3v) is 8.08. The zero-order chi connectivity index (χ0) is 23.8. The molecule has 3 N–H and O–H groups in total. The average molecular weight is 496 g/mol. The number of cyclic esters (lactones) is 1. The van der Waals surface area contributed by atoms with Crippen LogP contribution in [0.4, 0.5) is 0 Å². The van der Waals surface area contributed by atoms with Crippen LogP contribution in [0.25, 0.3) is 10.1 Å². The number of aliphatic hydroxyl groups excluding tert-OH is 1. The molecule has 1 aromatic carbocycles. The van der Waals surface area contributed by atoms with E-state index in [1.807, 2.05) is 24.3 Å². The molecular formula is C20H21N3O8S2. The van der Waals surface area contributed by atoms with Crippen molar-refractivity contribution in [2.45, 2.75) is 24.8 Å². The molecule has 1 aromatic heterocycles. The number of nitrogens with zero attached hydrogens (tertiary/aromatic N) is 1. The zero-order valence-corrected chi connectivity index (χ0v) is 18.9. The van der Waals surface area contributed by atoms with Gasteiger partial charge in [0, 0.05) is 11.2 Å². The van der Waals surface area contributed by atoms with E-state index in [0.717, 1.165) is 15.0 Å². The van der Waals surface area contributed by atoms with Crippen LogP contribution in [0, 0.1) is 0 Å². The molecule has 0 aliphatic carbocycles. The molecule has 0 bridgehead atoms. The lowest BCUT2D eigenvalue weighted by Crippen LogP contribution is -2.52. The van der Waals surface area contributed by atoms with Gasteiger partial charge >= 0.3 is 5.97 Å². The zero-order valence-electron chi connectivity index (χ0n) is 17.2. The Morgan fingerprint density at radius 2 is 1.97 bits per heavy atom. The van der Waals surface area contributed by atoms with Crippen LogP contribution in [-0.2, 0) is 29.0 Å². The summed E-state index contributed by atoms with van der Waals surface area (Å²) in [6.07, 6.45) is -1.71. The summed E-state index contributed by atoms with van der Waals surface area (Å²) < 4.78 is 30.1. The molecule has 1 unspecified atom stereocenters. The molecule has 2 aromatic rings. The molecule has 3 amide bonds. The third kappa shape index (κ3) is 5.31. The van der Waals surface area contributed by atoms with Crippen LogP contribution in [0.3, 0.4) is 0 Å². The Morgan fingerprint density at radius 3 is 2.67 bits per heavy atom. The van der Waals surface area contributed by atoms with Crippen molar-refractivity contribution >= 4 is 55.0 Å². The van der Waals surface area contributed by atoms with E-state index in [4.69, 9.17) is 0 Å². The van der Waals surface area contributed by atoms with Gasteiger partial charge in [-0.2, -0.15) is 0 Å². The van der Waals surface area contributed by atoms with Crippen molar-refractivity contribution in [3.05, 3.63) is 35.2 Å². The highest BCUT2D eigenvalue weighted by atomic mass is 32.2. The van der Waals surface area contributed by atoms with E-state index in [1.165, 1.54) is 11.3 Å². The van der Waals surface area contributed by atoms with Crippen molar-refractivity contribution in [3.63, 3.8) is 0 Å². The van der Waals surface area contributed by atoms with Gasteiger partial charge in [0.2, 0.25) is 18.1 Å². The molecule has 2 fully saturated rings. The monoisotopic (exact) mass is 495 g/mol. The van der Waals surface area contributed by atoms with Gasteiger partial charge in [-0.25, -0.2) is 8.42 Å². The van der Waals surface area contributed by atoms with Gasteiger partial charge < -0.3 is 25.4 Å². The Morgan fingerprint density at radius 1 is 1.21 bits per heavy atom.